The molecule has 0 bridgehead atoms. The van der Waals surface area contributed by atoms with Crippen molar-refractivity contribution in [3.63, 3.8) is 0 Å². The molecule has 0 aliphatic carbocycles. The highest BCUT2D eigenvalue weighted by Crippen LogP contribution is 2.13. The van der Waals surface area contributed by atoms with Crippen LogP contribution in [0.2, 0.25) is 0 Å². The Balaban J connectivity index is 2.79. The van der Waals surface area contributed by atoms with Crippen LogP contribution in [0.25, 0.3) is 0 Å². The van der Waals surface area contributed by atoms with E-state index in [0.717, 1.165) is 11.4 Å². The molecule has 0 fully saturated rings. The smallest absolute Gasteiger partial charge is 0.168 e. The van der Waals surface area contributed by atoms with Crippen molar-refractivity contribution in [2.45, 2.75) is 0 Å². The summed E-state index contributed by atoms with van der Waals surface area (Å²) in [5.74, 6) is 0. The second-order valence-corrected chi connectivity index (χ2v) is 2.76. The number of nitrogens with two attached hydrogens (primary N) is 1. The van der Waals surface area contributed by atoms with Crippen LogP contribution >= 0.6 is 12.2 Å². The fourth-order valence-corrected chi connectivity index (χ4v) is 1.01. The fourth-order valence-electron chi connectivity index (χ4n) is 0.895. The van der Waals surface area contributed by atoms with Gasteiger partial charge in [0.15, 0.2) is 5.11 Å². The van der Waals surface area contributed by atoms with Crippen LogP contribution in [0, 0.1) is 0 Å². The fraction of sp³-hybridized carbons (Fsp3) is 0.125. The van der Waals surface area contributed by atoms with Gasteiger partial charge in [-0.3, -0.25) is 0 Å². The van der Waals surface area contributed by atoms with Crippen LogP contribution < -0.4 is 16.4 Å². The summed E-state index contributed by atoms with van der Waals surface area (Å²) in [5, 5.41) is 6.15. The number of hydrogen-bond donors (Lipinski definition) is 3. The minimum atomic E-state index is 0.281. The molecule has 0 amide bonds. The Kier molecular flexibility index (Phi) is 2.88. The highest BCUT2D eigenvalue weighted by Gasteiger charge is 1.93. The average molecular weight is 181 g/mol. The predicted molar refractivity (Wildman–Crippen MR) is 56.4 cm³/mol. The first-order chi connectivity index (χ1) is 5.72. The molecule has 1 aromatic carbocycles. The van der Waals surface area contributed by atoms with E-state index in [-0.39, 0.29) is 5.11 Å². The topological polar surface area (TPSA) is 50.1 Å². The van der Waals surface area contributed by atoms with Crippen molar-refractivity contribution in [1.82, 2.24) is 0 Å². The number of rotatable bonds is 2. The number of anilines is 2. The minimum Gasteiger partial charge on any atom is -0.388 e. The maximum atomic E-state index is 5.32. The zero-order valence-corrected chi connectivity index (χ0v) is 7.61. The van der Waals surface area contributed by atoms with Crippen molar-refractivity contribution in [2.75, 3.05) is 17.7 Å². The second kappa shape index (κ2) is 3.92. The first-order valence-corrected chi connectivity index (χ1v) is 3.97. The van der Waals surface area contributed by atoms with Crippen LogP contribution in [0.1, 0.15) is 0 Å². The Hall–Kier alpha value is -1.29. The Morgan fingerprint density at radius 1 is 1.42 bits per heavy atom. The normalized spacial score (nSPS) is 9.08. The molecule has 1 rings (SSSR count). The molecule has 0 aliphatic heterocycles. The largest absolute Gasteiger partial charge is 0.388 e. The number of nitrogens with one attached hydrogen (secondary N) is 2. The van der Waals surface area contributed by atoms with E-state index >= 15 is 0 Å². The summed E-state index contributed by atoms with van der Waals surface area (Å²) in [4.78, 5) is 0. The molecule has 0 spiro atoms. The summed E-state index contributed by atoms with van der Waals surface area (Å²) in [5.41, 5.74) is 7.24. The lowest BCUT2D eigenvalue weighted by Crippen LogP contribution is -2.18. The standard InChI is InChI=1S/C8H11N3S/c1-10-6-3-2-4-7(5-6)11-8(9)12/h2-5,10H,1H3,(H3,9,11,12). The highest BCUT2D eigenvalue weighted by atomic mass is 32.1. The van der Waals surface area contributed by atoms with Gasteiger partial charge >= 0.3 is 0 Å². The summed E-state index contributed by atoms with van der Waals surface area (Å²) in [7, 11) is 1.86. The summed E-state index contributed by atoms with van der Waals surface area (Å²) >= 11 is 4.70. The third-order valence-corrected chi connectivity index (χ3v) is 1.52. The minimum absolute atomic E-state index is 0.281. The van der Waals surface area contributed by atoms with Gasteiger partial charge in [0, 0.05) is 18.4 Å². The van der Waals surface area contributed by atoms with E-state index in [2.05, 4.69) is 10.6 Å². The van der Waals surface area contributed by atoms with Crippen LogP contribution in [-0.2, 0) is 0 Å². The van der Waals surface area contributed by atoms with Crippen LogP contribution in [0.3, 0.4) is 0 Å². The first-order valence-electron chi connectivity index (χ1n) is 3.56. The Morgan fingerprint density at radius 2 is 2.08 bits per heavy atom. The molecule has 0 unspecified atom stereocenters. The van der Waals surface area contributed by atoms with E-state index in [9.17, 15) is 0 Å². The molecule has 0 aliphatic rings. The van der Waals surface area contributed by atoms with Gasteiger partial charge in [-0.1, -0.05) is 6.07 Å². The van der Waals surface area contributed by atoms with Crippen molar-refractivity contribution in [2.24, 2.45) is 5.73 Å². The van der Waals surface area contributed by atoms with E-state index in [1.807, 2.05) is 31.3 Å². The summed E-state index contributed by atoms with van der Waals surface area (Å²) in [6.07, 6.45) is 0. The summed E-state index contributed by atoms with van der Waals surface area (Å²) < 4.78 is 0. The molecule has 0 saturated heterocycles. The Bertz CT molecular complexity index is 285. The van der Waals surface area contributed by atoms with Crippen LogP contribution in [0.4, 0.5) is 11.4 Å². The maximum absolute atomic E-state index is 5.32. The van der Waals surface area contributed by atoms with Gasteiger partial charge in [-0.2, -0.15) is 0 Å². The molecule has 0 saturated carbocycles. The van der Waals surface area contributed by atoms with Crippen molar-refractivity contribution in [3.8, 4) is 0 Å². The molecule has 0 aromatic heterocycles. The number of benzene rings is 1. The first kappa shape index (κ1) is 8.80. The summed E-state index contributed by atoms with van der Waals surface area (Å²) in [6.45, 7) is 0. The lowest BCUT2D eigenvalue weighted by atomic mass is 10.3. The van der Waals surface area contributed by atoms with E-state index in [1.165, 1.54) is 0 Å². The molecule has 4 heteroatoms. The molecule has 0 heterocycles. The van der Waals surface area contributed by atoms with Crippen molar-refractivity contribution in [3.05, 3.63) is 24.3 Å². The molecule has 4 N–H and O–H groups in total. The van der Waals surface area contributed by atoms with E-state index in [1.54, 1.807) is 0 Å². The van der Waals surface area contributed by atoms with E-state index in [4.69, 9.17) is 18.0 Å². The van der Waals surface area contributed by atoms with Crippen LogP contribution in [-0.4, -0.2) is 12.2 Å². The van der Waals surface area contributed by atoms with Crippen molar-refractivity contribution < 1.29 is 0 Å². The molecular formula is C8H11N3S. The average Bonchev–Trinajstić information content (AvgIpc) is 2.03. The number of hydrogen-bond acceptors (Lipinski definition) is 2. The molecule has 0 atom stereocenters. The monoisotopic (exact) mass is 181 g/mol. The van der Waals surface area contributed by atoms with Crippen molar-refractivity contribution in [1.29, 1.82) is 0 Å². The van der Waals surface area contributed by atoms with Gasteiger partial charge in [-0.25, -0.2) is 0 Å². The molecule has 64 valence electrons. The van der Waals surface area contributed by atoms with Crippen molar-refractivity contribution >= 4 is 28.7 Å². The maximum Gasteiger partial charge on any atom is 0.168 e. The van der Waals surface area contributed by atoms with Gasteiger partial charge in [0.2, 0.25) is 0 Å². The predicted octanol–water partition coefficient (Wildman–Crippen LogP) is 1.38. The number of thiocarbonyl (C=S) groups is 1. The lowest BCUT2D eigenvalue weighted by Gasteiger charge is -2.05. The van der Waals surface area contributed by atoms with Crippen LogP contribution in [0.5, 0.6) is 0 Å². The van der Waals surface area contributed by atoms with E-state index < -0.39 is 0 Å². The molecule has 12 heavy (non-hydrogen) atoms. The third-order valence-electron chi connectivity index (χ3n) is 1.42. The molecule has 3 nitrogen and oxygen atoms in total. The van der Waals surface area contributed by atoms with Crippen LogP contribution in [0.15, 0.2) is 24.3 Å². The Labute approximate surface area is 77.0 Å². The Morgan fingerprint density at radius 3 is 2.67 bits per heavy atom. The van der Waals surface area contributed by atoms with Gasteiger partial charge in [0.25, 0.3) is 0 Å². The molecule has 0 radical (unpaired) electrons. The van der Waals surface area contributed by atoms with Gasteiger partial charge in [0.05, 0.1) is 0 Å². The second-order valence-electron chi connectivity index (χ2n) is 2.32. The third kappa shape index (κ3) is 2.39. The SMILES string of the molecule is CNc1cccc(NC(N)=S)c1. The summed E-state index contributed by atoms with van der Waals surface area (Å²) in [6, 6.07) is 7.72. The van der Waals surface area contributed by atoms with Gasteiger partial charge in [0.1, 0.15) is 0 Å². The lowest BCUT2D eigenvalue weighted by molar-refractivity contribution is 1.50. The van der Waals surface area contributed by atoms with Gasteiger partial charge in [-0.05, 0) is 30.4 Å². The molecular weight excluding hydrogens is 170 g/mol. The van der Waals surface area contributed by atoms with Gasteiger partial charge in [-0.15, -0.1) is 0 Å². The van der Waals surface area contributed by atoms with E-state index in [0.29, 0.717) is 0 Å². The zero-order chi connectivity index (χ0) is 8.97. The highest BCUT2D eigenvalue weighted by molar-refractivity contribution is 7.80. The van der Waals surface area contributed by atoms with Gasteiger partial charge < -0.3 is 16.4 Å². The molecule has 1 aromatic rings. The zero-order valence-electron chi connectivity index (χ0n) is 6.79. The quantitative estimate of drug-likeness (QED) is 0.603.